The SMILES string of the molecule is O=S(=O)(c1ccc2c(c1)OCO2)N1CCC(n2c(-c3ccc(F)cc3F)nc3cccnc32)CC1. The number of benzene rings is 2. The van der Waals surface area contributed by atoms with Gasteiger partial charge in [-0.3, -0.25) is 0 Å². The lowest BCUT2D eigenvalue weighted by Gasteiger charge is -2.32. The van der Waals surface area contributed by atoms with Gasteiger partial charge in [-0.15, -0.1) is 0 Å². The molecule has 8 nitrogen and oxygen atoms in total. The van der Waals surface area contributed by atoms with Crippen molar-refractivity contribution in [2.24, 2.45) is 0 Å². The van der Waals surface area contributed by atoms with E-state index in [0.29, 0.717) is 41.3 Å². The number of pyridine rings is 1. The summed E-state index contributed by atoms with van der Waals surface area (Å²) in [6, 6.07) is 11.3. The number of halogens is 2. The standard InChI is InChI=1S/C24H20F2N4O4S/c25-15-3-5-18(19(26)12-15)23-28-20-2-1-9-27-24(20)30(23)16-7-10-29(11-8-16)35(31,32)17-4-6-21-22(13-17)34-14-33-21/h1-6,9,12-13,16H,7-8,10-11,14H2. The Morgan fingerprint density at radius 1 is 0.971 bits per heavy atom. The maximum Gasteiger partial charge on any atom is 0.243 e. The van der Waals surface area contributed by atoms with E-state index in [1.165, 1.54) is 28.6 Å². The highest BCUT2D eigenvalue weighted by molar-refractivity contribution is 7.89. The molecule has 0 unspecified atom stereocenters. The zero-order chi connectivity index (χ0) is 24.2. The topological polar surface area (TPSA) is 86.6 Å². The van der Waals surface area contributed by atoms with Crippen LogP contribution in [0.2, 0.25) is 0 Å². The first-order valence-corrected chi connectivity index (χ1v) is 12.5. The Labute approximate surface area is 199 Å². The zero-order valence-electron chi connectivity index (χ0n) is 18.4. The molecule has 180 valence electrons. The summed E-state index contributed by atoms with van der Waals surface area (Å²) in [5, 5.41) is 0. The van der Waals surface area contributed by atoms with Gasteiger partial charge < -0.3 is 14.0 Å². The molecule has 0 saturated carbocycles. The van der Waals surface area contributed by atoms with Crippen LogP contribution in [-0.2, 0) is 10.0 Å². The van der Waals surface area contributed by atoms with Crippen LogP contribution in [-0.4, -0.2) is 47.1 Å². The normalized spacial score (nSPS) is 16.7. The summed E-state index contributed by atoms with van der Waals surface area (Å²) in [7, 11) is -3.74. The van der Waals surface area contributed by atoms with Gasteiger partial charge in [0.15, 0.2) is 17.1 Å². The van der Waals surface area contributed by atoms with E-state index in [1.807, 2.05) is 4.57 Å². The lowest BCUT2D eigenvalue weighted by atomic mass is 10.1. The van der Waals surface area contributed by atoms with Crippen molar-refractivity contribution in [3.8, 4) is 22.9 Å². The first-order chi connectivity index (χ1) is 16.9. The van der Waals surface area contributed by atoms with Crippen LogP contribution >= 0.6 is 0 Å². The molecule has 1 saturated heterocycles. The van der Waals surface area contributed by atoms with Gasteiger partial charge in [-0.1, -0.05) is 0 Å². The maximum absolute atomic E-state index is 14.7. The van der Waals surface area contributed by atoms with Crippen molar-refractivity contribution in [2.45, 2.75) is 23.8 Å². The number of ether oxygens (including phenoxy) is 2. The van der Waals surface area contributed by atoms with Gasteiger partial charge >= 0.3 is 0 Å². The average Bonchev–Trinajstić information content (AvgIpc) is 3.48. The second kappa shape index (κ2) is 8.28. The van der Waals surface area contributed by atoms with Gasteiger partial charge in [0.25, 0.3) is 0 Å². The Morgan fingerprint density at radius 2 is 1.77 bits per heavy atom. The van der Waals surface area contributed by atoms with Crippen LogP contribution in [0.25, 0.3) is 22.6 Å². The Hall–Kier alpha value is -3.57. The molecule has 2 aromatic heterocycles. The Morgan fingerprint density at radius 3 is 2.57 bits per heavy atom. The molecule has 2 aliphatic rings. The third-order valence-electron chi connectivity index (χ3n) is 6.39. The van der Waals surface area contributed by atoms with Gasteiger partial charge in [0.2, 0.25) is 16.8 Å². The first-order valence-electron chi connectivity index (χ1n) is 11.1. The van der Waals surface area contributed by atoms with Gasteiger partial charge in [-0.25, -0.2) is 27.2 Å². The van der Waals surface area contributed by atoms with Crippen LogP contribution in [0, 0.1) is 11.6 Å². The second-order valence-electron chi connectivity index (χ2n) is 8.43. The quantitative estimate of drug-likeness (QED) is 0.421. The van der Waals surface area contributed by atoms with E-state index in [2.05, 4.69) is 9.97 Å². The van der Waals surface area contributed by atoms with Crippen LogP contribution in [0.3, 0.4) is 0 Å². The molecule has 2 aliphatic heterocycles. The average molecular weight is 499 g/mol. The number of hydrogen-bond donors (Lipinski definition) is 0. The molecule has 1 fully saturated rings. The molecule has 35 heavy (non-hydrogen) atoms. The van der Waals surface area contributed by atoms with E-state index in [9.17, 15) is 17.2 Å². The summed E-state index contributed by atoms with van der Waals surface area (Å²) in [5.41, 5.74) is 1.32. The van der Waals surface area contributed by atoms with Crippen LogP contribution in [0.15, 0.2) is 59.6 Å². The molecule has 6 rings (SSSR count). The summed E-state index contributed by atoms with van der Waals surface area (Å²) in [6.07, 6.45) is 2.58. The van der Waals surface area contributed by atoms with E-state index < -0.39 is 21.7 Å². The molecule has 11 heteroatoms. The number of nitrogens with zero attached hydrogens (tertiary/aromatic N) is 4. The summed E-state index contributed by atoms with van der Waals surface area (Å²) >= 11 is 0. The van der Waals surface area contributed by atoms with E-state index >= 15 is 0 Å². The number of fused-ring (bicyclic) bond motifs is 2. The molecule has 0 aliphatic carbocycles. The zero-order valence-corrected chi connectivity index (χ0v) is 19.2. The summed E-state index contributed by atoms with van der Waals surface area (Å²) in [5.74, 6) is -0.127. The highest BCUT2D eigenvalue weighted by Gasteiger charge is 2.33. The maximum atomic E-state index is 14.7. The predicted molar refractivity (Wildman–Crippen MR) is 122 cm³/mol. The smallest absolute Gasteiger partial charge is 0.243 e. The highest BCUT2D eigenvalue weighted by Crippen LogP contribution is 2.37. The van der Waals surface area contributed by atoms with Crippen molar-refractivity contribution < 1.29 is 26.7 Å². The molecular weight excluding hydrogens is 478 g/mol. The fourth-order valence-corrected chi connectivity index (χ4v) is 6.15. The summed E-state index contributed by atoms with van der Waals surface area (Å²) in [6.45, 7) is 0.590. The molecule has 0 amide bonds. The Bertz CT molecular complexity index is 1550. The lowest BCUT2D eigenvalue weighted by Crippen LogP contribution is -2.39. The number of sulfonamides is 1. The molecule has 4 aromatic rings. The molecule has 0 N–H and O–H groups in total. The van der Waals surface area contributed by atoms with Crippen LogP contribution in [0.1, 0.15) is 18.9 Å². The van der Waals surface area contributed by atoms with Crippen molar-refractivity contribution >= 4 is 21.2 Å². The number of piperidine rings is 1. The fourth-order valence-electron chi connectivity index (χ4n) is 4.66. The fraction of sp³-hybridized carbons (Fsp3) is 0.250. The van der Waals surface area contributed by atoms with E-state index in [1.54, 1.807) is 24.4 Å². The molecule has 0 spiro atoms. The molecule has 0 radical (unpaired) electrons. The largest absolute Gasteiger partial charge is 0.454 e. The van der Waals surface area contributed by atoms with Gasteiger partial charge in [0.1, 0.15) is 23.0 Å². The van der Waals surface area contributed by atoms with Crippen LogP contribution < -0.4 is 9.47 Å². The van der Waals surface area contributed by atoms with Gasteiger partial charge in [-0.05, 0) is 49.2 Å². The van der Waals surface area contributed by atoms with E-state index in [-0.39, 0.29) is 36.4 Å². The molecule has 0 atom stereocenters. The Kier molecular flexibility index (Phi) is 5.19. The molecule has 4 heterocycles. The number of imidazole rings is 1. The molecule has 2 aromatic carbocycles. The summed E-state index contributed by atoms with van der Waals surface area (Å²) < 4.78 is 68.6. The van der Waals surface area contributed by atoms with Gasteiger partial charge in [0, 0.05) is 37.5 Å². The highest BCUT2D eigenvalue weighted by atomic mass is 32.2. The van der Waals surface area contributed by atoms with Crippen molar-refractivity contribution in [2.75, 3.05) is 19.9 Å². The minimum absolute atomic E-state index is 0.0636. The van der Waals surface area contributed by atoms with Crippen LogP contribution in [0.4, 0.5) is 8.78 Å². The number of hydrogen-bond acceptors (Lipinski definition) is 6. The number of rotatable bonds is 4. The third-order valence-corrected chi connectivity index (χ3v) is 8.29. The minimum Gasteiger partial charge on any atom is -0.454 e. The monoisotopic (exact) mass is 498 g/mol. The molecular formula is C24H20F2N4O4S. The molecule has 0 bridgehead atoms. The first kappa shape index (κ1) is 21.9. The minimum atomic E-state index is -3.74. The second-order valence-corrected chi connectivity index (χ2v) is 10.4. The lowest BCUT2D eigenvalue weighted by molar-refractivity contribution is 0.174. The van der Waals surface area contributed by atoms with Crippen molar-refractivity contribution in [3.05, 3.63) is 66.4 Å². The van der Waals surface area contributed by atoms with Gasteiger partial charge in [0.05, 0.1) is 10.5 Å². The predicted octanol–water partition coefficient (Wildman–Crippen LogP) is 4.13. The number of aromatic nitrogens is 3. The van der Waals surface area contributed by atoms with Crippen molar-refractivity contribution in [1.82, 2.24) is 18.8 Å². The van der Waals surface area contributed by atoms with Crippen molar-refractivity contribution in [3.63, 3.8) is 0 Å². The van der Waals surface area contributed by atoms with Crippen molar-refractivity contribution in [1.29, 1.82) is 0 Å². The Balaban J connectivity index is 1.31. The van der Waals surface area contributed by atoms with Gasteiger partial charge in [-0.2, -0.15) is 4.31 Å². The van der Waals surface area contributed by atoms with E-state index in [4.69, 9.17) is 9.47 Å². The summed E-state index contributed by atoms with van der Waals surface area (Å²) in [4.78, 5) is 9.16. The van der Waals surface area contributed by atoms with Crippen LogP contribution in [0.5, 0.6) is 11.5 Å². The van der Waals surface area contributed by atoms with E-state index in [0.717, 1.165) is 6.07 Å². The third kappa shape index (κ3) is 3.71.